The highest BCUT2D eigenvalue weighted by atomic mass is 16.5. The van der Waals surface area contributed by atoms with E-state index in [-0.39, 0.29) is 5.91 Å². The van der Waals surface area contributed by atoms with Crippen LogP contribution in [0.5, 0.6) is 11.5 Å². The number of amides is 1. The van der Waals surface area contributed by atoms with Crippen molar-refractivity contribution in [2.75, 3.05) is 19.5 Å². The second kappa shape index (κ2) is 6.95. The van der Waals surface area contributed by atoms with Crippen LogP contribution in [0.3, 0.4) is 0 Å². The molecule has 24 heavy (non-hydrogen) atoms. The third-order valence-corrected chi connectivity index (χ3v) is 4.44. The van der Waals surface area contributed by atoms with Crippen LogP contribution in [0.4, 0.5) is 5.69 Å². The molecule has 2 aromatic rings. The molecule has 0 aliphatic heterocycles. The minimum atomic E-state index is -0.710. The SMILES string of the molecule is COc1ccc(C(C)(C)C(=O)Nc2ccc(C)c(C)c2)cc1OC. The van der Waals surface area contributed by atoms with Crippen molar-refractivity contribution >= 4 is 11.6 Å². The van der Waals surface area contributed by atoms with Gasteiger partial charge in [0.2, 0.25) is 5.91 Å². The summed E-state index contributed by atoms with van der Waals surface area (Å²) in [6.07, 6.45) is 0. The summed E-state index contributed by atoms with van der Waals surface area (Å²) in [5, 5.41) is 3.00. The van der Waals surface area contributed by atoms with E-state index in [4.69, 9.17) is 9.47 Å². The van der Waals surface area contributed by atoms with Crippen LogP contribution < -0.4 is 14.8 Å². The number of hydrogen-bond acceptors (Lipinski definition) is 3. The van der Waals surface area contributed by atoms with E-state index >= 15 is 0 Å². The summed E-state index contributed by atoms with van der Waals surface area (Å²) in [6, 6.07) is 11.5. The predicted molar refractivity (Wildman–Crippen MR) is 97.1 cm³/mol. The van der Waals surface area contributed by atoms with Crippen LogP contribution in [0.2, 0.25) is 0 Å². The summed E-state index contributed by atoms with van der Waals surface area (Å²) in [5.41, 5.74) is 3.31. The number of ether oxygens (including phenoxy) is 2. The molecule has 0 aromatic heterocycles. The van der Waals surface area contributed by atoms with Crippen LogP contribution >= 0.6 is 0 Å². The summed E-state index contributed by atoms with van der Waals surface area (Å²) in [4.78, 5) is 12.8. The molecule has 0 atom stereocenters. The minimum Gasteiger partial charge on any atom is -0.493 e. The lowest BCUT2D eigenvalue weighted by Gasteiger charge is -2.25. The number of aryl methyl sites for hydroxylation is 2. The fourth-order valence-electron chi connectivity index (χ4n) is 2.46. The number of nitrogens with one attached hydrogen (secondary N) is 1. The number of rotatable bonds is 5. The van der Waals surface area contributed by atoms with Crippen molar-refractivity contribution in [3.05, 3.63) is 53.1 Å². The van der Waals surface area contributed by atoms with Crippen molar-refractivity contribution in [1.82, 2.24) is 0 Å². The lowest BCUT2D eigenvalue weighted by atomic mass is 9.83. The lowest BCUT2D eigenvalue weighted by molar-refractivity contribution is -0.120. The largest absolute Gasteiger partial charge is 0.493 e. The van der Waals surface area contributed by atoms with Crippen molar-refractivity contribution in [3.8, 4) is 11.5 Å². The van der Waals surface area contributed by atoms with Crippen LogP contribution in [0.1, 0.15) is 30.5 Å². The number of carbonyl (C=O) groups excluding carboxylic acids is 1. The van der Waals surface area contributed by atoms with E-state index in [1.807, 2.05) is 57.2 Å². The number of benzene rings is 2. The highest BCUT2D eigenvalue weighted by Crippen LogP contribution is 2.34. The van der Waals surface area contributed by atoms with Gasteiger partial charge in [-0.1, -0.05) is 12.1 Å². The first kappa shape index (κ1) is 17.9. The fraction of sp³-hybridized carbons (Fsp3) is 0.350. The Kier molecular flexibility index (Phi) is 5.17. The molecule has 1 N–H and O–H groups in total. The third kappa shape index (κ3) is 3.53. The molecule has 0 saturated carbocycles. The molecule has 0 aliphatic carbocycles. The van der Waals surface area contributed by atoms with Gasteiger partial charge in [-0.3, -0.25) is 4.79 Å². The van der Waals surface area contributed by atoms with E-state index < -0.39 is 5.41 Å². The highest BCUT2D eigenvalue weighted by molar-refractivity contribution is 5.98. The average molecular weight is 327 g/mol. The number of methoxy groups -OCH3 is 2. The quantitative estimate of drug-likeness (QED) is 0.893. The summed E-state index contributed by atoms with van der Waals surface area (Å²) >= 11 is 0. The second-order valence-electron chi connectivity index (χ2n) is 6.45. The Bertz CT molecular complexity index is 751. The Balaban J connectivity index is 2.28. The zero-order valence-electron chi connectivity index (χ0n) is 15.2. The average Bonchev–Trinajstić information content (AvgIpc) is 2.57. The van der Waals surface area contributed by atoms with E-state index in [2.05, 4.69) is 12.2 Å². The Morgan fingerprint density at radius 2 is 1.58 bits per heavy atom. The standard InChI is InChI=1S/C20H25NO3/c1-13-7-9-16(11-14(13)2)21-19(22)20(3,4)15-8-10-17(23-5)18(12-15)24-6/h7-12H,1-6H3,(H,21,22). The molecule has 4 heteroatoms. The number of hydrogen-bond donors (Lipinski definition) is 1. The smallest absolute Gasteiger partial charge is 0.234 e. The zero-order chi connectivity index (χ0) is 17.9. The minimum absolute atomic E-state index is 0.0713. The van der Waals surface area contributed by atoms with Crippen LogP contribution in [-0.2, 0) is 10.2 Å². The van der Waals surface area contributed by atoms with Gasteiger partial charge in [0, 0.05) is 5.69 Å². The zero-order valence-corrected chi connectivity index (χ0v) is 15.2. The molecule has 128 valence electrons. The first-order chi connectivity index (χ1) is 11.3. The molecule has 0 fully saturated rings. The van der Waals surface area contributed by atoms with Gasteiger partial charge in [0.1, 0.15) is 0 Å². The summed E-state index contributed by atoms with van der Waals surface area (Å²) in [7, 11) is 3.18. The normalized spacial score (nSPS) is 11.1. The molecule has 0 radical (unpaired) electrons. The van der Waals surface area contributed by atoms with Crippen molar-refractivity contribution in [2.45, 2.75) is 33.1 Å². The van der Waals surface area contributed by atoms with Crippen molar-refractivity contribution in [2.24, 2.45) is 0 Å². The second-order valence-corrected chi connectivity index (χ2v) is 6.45. The van der Waals surface area contributed by atoms with Gasteiger partial charge in [-0.05, 0) is 68.7 Å². The van der Waals surface area contributed by atoms with Crippen molar-refractivity contribution in [1.29, 1.82) is 0 Å². The molecule has 0 heterocycles. The van der Waals surface area contributed by atoms with Gasteiger partial charge in [0.15, 0.2) is 11.5 Å². The highest BCUT2D eigenvalue weighted by Gasteiger charge is 2.30. The molecule has 2 aromatic carbocycles. The molecule has 0 bridgehead atoms. The van der Waals surface area contributed by atoms with E-state index in [1.54, 1.807) is 14.2 Å². The third-order valence-electron chi connectivity index (χ3n) is 4.44. The topological polar surface area (TPSA) is 47.6 Å². The molecular formula is C20H25NO3. The van der Waals surface area contributed by atoms with Gasteiger partial charge in [-0.2, -0.15) is 0 Å². The first-order valence-corrected chi connectivity index (χ1v) is 7.90. The van der Waals surface area contributed by atoms with Crippen LogP contribution in [0.15, 0.2) is 36.4 Å². The summed E-state index contributed by atoms with van der Waals surface area (Å²) in [5.74, 6) is 1.19. The van der Waals surface area contributed by atoms with Crippen LogP contribution in [0, 0.1) is 13.8 Å². The maximum Gasteiger partial charge on any atom is 0.234 e. The molecule has 0 unspecified atom stereocenters. The van der Waals surface area contributed by atoms with Gasteiger partial charge in [-0.15, -0.1) is 0 Å². The Hall–Kier alpha value is -2.49. The molecule has 0 aliphatic rings. The molecule has 4 nitrogen and oxygen atoms in total. The van der Waals surface area contributed by atoms with Crippen LogP contribution in [-0.4, -0.2) is 20.1 Å². The fourth-order valence-corrected chi connectivity index (χ4v) is 2.46. The van der Waals surface area contributed by atoms with Gasteiger partial charge in [-0.25, -0.2) is 0 Å². The van der Waals surface area contributed by atoms with Gasteiger partial charge < -0.3 is 14.8 Å². The van der Waals surface area contributed by atoms with E-state index in [1.165, 1.54) is 5.56 Å². The van der Waals surface area contributed by atoms with Gasteiger partial charge in [0.05, 0.1) is 19.6 Å². The Morgan fingerprint density at radius 1 is 0.917 bits per heavy atom. The van der Waals surface area contributed by atoms with Crippen molar-refractivity contribution in [3.63, 3.8) is 0 Å². The summed E-state index contributed by atoms with van der Waals surface area (Å²) < 4.78 is 10.6. The maximum absolute atomic E-state index is 12.8. The van der Waals surface area contributed by atoms with Gasteiger partial charge >= 0.3 is 0 Å². The first-order valence-electron chi connectivity index (χ1n) is 7.90. The molecule has 2 rings (SSSR count). The monoisotopic (exact) mass is 327 g/mol. The molecule has 1 amide bonds. The molecule has 0 spiro atoms. The Morgan fingerprint density at radius 3 is 2.17 bits per heavy atom. The van der Waals surface area contributed by atoms with Crippen molar-refractivity contribution < 1.29 is 14.3 Å². The van der Waals surface area contributed by atoms with E-state index in [0.29, 0.717) is 11.5 Å². The van der Waals surface area contributed by atoms with E-state index in [0.717, 1.165) is 16.8 Å². The number of anilines is 1. The maximum atomic E-state index is 12.8. The van der Waals surface area contributed by atoms with Crippen LogP contribution in [0.25, 0.3) is 0 Å². The number of carbonyl (C=O) groups is 1. The lowest BCUT2D eigenvalue weighted by Crippen LogP contribution is -2.34. The summed E-state index contributed by atoms with van der Waals surface area (Å²) in [6.45, 7) is 7.87. The Labute approximate surface area is 143 Å². The molecule has 0 saturated heterocycles. The predicted octanol–water partition coefficient (Wildman–Crippen LogP) is 4.24. The van der Waals surface area contributed by atoms with E-state index in [9.17, 15) is 4.79 Å². The molecular weight excluding hydrogens is 302 g/mol. The van der Waals surface area contributed by atoms with Gasteiger partial charge in [0.25, 0.3) is 0 Å².